The van der Waals surface area contributed by atoms with Gasteiger partial charge in [-0.1, -0.05) is 0 Å². The number of halogens is 5. The highest BCUT2D eigenvalue weighted by molar-refractivity contribution is 5.92. The largest absolute Gasteiger partial charge is 0.481 e. The molecule has 0 aromatic carbocycles. The van der Waals surface area contributed by atoms with E-state index in [4.69, 9.17) is 0 Å². The molecule has 0 aliphatic carbocycles. The molecule has 0 spiro atoms. The van der Waals surface area contributed by atoms with Gasteiger partial charge in [-0.05, 0) is 0 Å². The smallest absolute Gasteiger partial charge is 0.417 e. The van der Waals surface area contributed by atoms with E-state index in [1.165, 1.54) is 0 Å². The van der Waals surface area contributed by atoms with Gasteiger partial charge in [0.05, 0.1) is 25.3 Å². The van der Waals surface area contributed by atoms with Crippen molar-refractivity contribution in [3.05, 3.63) is 22.9 Å². The molecule has 0 fully saturated rings. The van der Waals surface area contributed by atoms with Gasteiger partial charge < -0.3 is 9.47 Å². The molecule has 19 heavy (non-hydrogen) atoms. The summed E-state index contributed by atoms with van der Waals surface area (Å²) in [7, 11) is 1.75. The van der Waals surface area contributed by atoms with Crippen molar-refractivity contribution < 1.29 is 36.2 Å². The third-order valence-corrected chi connectivity index (χ3v) is 2.13. The number of aromatic nitrogens is 1. The molecular weight excluding hydrogens is 277 g/mol. The number of rotatable bonds is 3. The lowest BCUT2D eigenvalue weighted by Gasteiger charge is -2.15. The van der Waals surface area contributed by atoms with Gasteiger partial charge >= 0.3 is 12.1 Å². The van der Waals surface area contributed by atoms with Crippen LogP contribution in [-0.2, 0) is 10.9 Å². The van der Waals surface area contributed by atoms with Crippen molar-refractivity contribution in [1.29, 1.82) is 0 Å². The summed E-state index contributed by atoms with van der Waals surface area (Å²) in [5, 5.41) is 0. The topological polar surface area (TPSA) is 48.4 Å². The quantitative estimate of drug-likeness (QED) is 0.633. The van der Waals surface area contributed by atoms with E-state index in [2.05, 4.69) is 14.5 Å². The molecule has 0 aliphatic rings. The molecule has 0 atom stereocenters. The Labute approximate surface area is 104 Å². The zero-order valence-electron chi connectivity index (χ0n) is 9.72. The number of carbonyl (C=O) groups excluding carboxylic acids is 1. The number of nitrogens with zero attached hydrogens (tertiary/aromatic N) is 1. The zero-order chi connectivity index (χ0) is 14.8. The Morgan fingerprint density at radius 2 is 1.89 bits per heavy atom. The second-order valence-electron chi connectivity index (χ2n) is 3.26. The van der Waals surface area contributed by atoms with Gasteiger partial charge in [-0.15, -0.1) is 0 Å². The van der Waals surface area contributed by atoms with Crippen molar-refractivity contribution in [2.24, 2.45) is 0 Å². The van der Waals surface area contributed by atoms with E-state index < -0.39 is 41.3 Å². The first kappa shape index (κ1) is 15.1. The minimum Gasteiger partial charge on any atom is -0.481 e. The number of ether oxygens (including phenoxy) is 2. The molecule has 0 radical (unpaired) electrons. The third kappa shape index (κ3) is 3.09. The Bertz CT molecular complexity index is 487. The van der Waals surface area contributed by atoms with Crippen molar-refractivity contribution in [2.45, 2.75) is 12.6 Å². The van der Waals surface area contributed by atoms with Gasteiger partial charge in [-0.25, -0.2) is 18.6 Å². The maximum Gasteiger partial charge on any atom is 0.417 e. The Kier molecular flexibility index (Phi) is 4.28. The zero-order valence-corrected chi connectivity index (χ0v) is 9.72. The fraction of sp³-hybridized carbons (Fsp3) is 0.400. The SMILES string of the molecule is COC(=O)c1c(C(F)(F)F)cc(OC)nc1C(F)F. The number of methoxy groups -OCH3 is 2. The standard InChI is InChI=1S/C10H8F5NO3/c1-18-5-3-4(10(13,14)15)6(9(17)19-2)7(16-5)8(11)12/h3,8H,1-2H3. The number of alkyl halides is 5. The molecule has 0 saturated heterocycles. The van der Waals surface area contributed by atoms with E-state index in [-0.39, 0.29) is 0 Å². The summed E-state index contributed by atoms with van der Waals surface area (Å²) in [6, 6.07) is 0.359. The second kappa shape index (κ2) is 5.37. The number of pyridine rings is 1. The van der Waals surface area contributed by atoms with Crippen LogP contribution in [0, 0.1) is 0 Å². The minimum atomic E-state index is -5.02. The van der Waals surface area contributed by atoms with Crippen LogP contribution in [0.5, 0.6) is 5.88 Å². The molecule has 1 aromatic heterocycles. The van der Waals surface area contributed by atoms with Crippen molar-refractivity contribution in [3.8, 4) is 5.88 Å². The lowest BCUT2D eigenvalue weighted by atomic mass is 10.1. The van der Waals surface area contributed by atoms with Crippen LogP contribution in [0.1, 0.15) is 28.0 Å². The molecule has 4 nitrogen and oxygen atoms in total. The highest BCUT2D eigenvalue weighted by Gasteiger charge is 2.40. The molecule has 106 valence electrons. The van der Waals surface area contributed by atoms with Gasteiger partial charge in [0.2, 0.25) is 5.88 Å². The van der Waals surface area contributed by atoms with Gasteiger partial charge in [0.25, 0.3) is 6.43 Å². The fourth-order valence-corrected chi connectivity index (χ4v) is 1.34. The Morgan fingerprint density at radius 3 is 2.26 bits per heavy atom. The first-order valence-electron chi connectivity index (χ1n) is 4.75. The van der Waals surface area contributed by atoms with Crippen LogP contribution in [0.2, 0.25) is 0 Å². The van der Waals surface area contributed by atoms with E-state index in [0.29, 0.717) is 6.07 Å². The summed E-state index contributed by atoms with van der Waals surface area (Å²) < 4.78 is 72.2. The lowest BCUT2D eigenvalue weighted by Crippen LogP contribution is -2.18. The number of hydrogen-bond acceptors (Lipinski definition) is 4. The molecule has 0 saturated carbocycles. The summed E-state index contributed by atoms with van der Waals surface area (Å²) in [4.78, 5) is 14.4. The van der Waals surface area contributed by atoms with Crippen LogP contribution in [0.15, 0.2) is 6.07 Å². The first-order chi connectivity index (χ1) is 8.72. The number of carbonyl (C=O) groups is 1. The van der Waals surface area contributed by atoms with E-state index in [1.807, 2.05) is 0 Å². The van der Waals surface area contributed by atoms with E-state index >= 15 is 0 Å². The fourth-order valence-electron chi connectivity index (χ4n) is 1.34. The predicted octanol–water partition coefficient (Wildman–Crippen LogP) is 2.83. The third-order valence-electron chi connectivity index (χ3n) is 2.13. The second-order valence-corrected chi connectivity index (χ2v) is 3.26. The number of esters is 1. The summed E-state index contributed by atoms with van der Waals surface area (Å²) in [5.41, 5.74) is -4.23. The predicted molar refractivity (Wildman–Crippen MR) is 52.1 cm³/mol. The molecule has 0 bridgehead atoms. The van der Waals surface area contributed by atoms with Crippen LogP contribution in [0.25, 0.3) is 0 Å². The van der Waals surface area contributed by atoms with Crippen LogP contribution >= 0.6 is 0 Å². The first-order valence-corrected chi connectivity index (χ1v) is 4.75. The molecule has 1 aromatic rings. The monoisotopic (exact) mass is 285 g/mol. The van der Waals surface area contributed by atoms with Crippen LogP contribution in [0.3, 0.4) is 0 Å². The van der Waals surface area contributed by atoms with E-state index in [0.717, 1.165) is 14.2 Å². The lowest BCUT2D eigenvalue weighted by molar-refractivity contribution is -0.138. The molecule has 0 unspecified atom stereocenters. The van der Waals surface area contributed by atoms with Crippen molar-refractivity contribution >= 4 is 5.97 Å². The Balaban J connectivity index is 3.66. The van der Waals surface area contributed by atoms with Gasteiger partial charge in [0.15, 0.2) is 0 Å². The van der Waals surface area contributed by atoms with Crippen molar-refractivity contribution in [3.63, 3.8) is 0 Å². The van der Waals surface area contributed by atoms with Gasteiger partial charge in [-0.3, -0.25) is 0 Å². The van der Waals surface area contributed by atoms with Crippen LogP contribution < -0.4 is 4.74 Å². The summed E-state index contributed by atoms with van der Waals surface area (Å²) in [6.45, 7) is 0. The van der Waals surface area contributed by atoms with E-state index in [1.54, 1.807) is 0 Å². The summed E-state index contributed by atoms with van der Waals surface area (Å²) in [6.07, 6.45) is -8.41. The Morgan fingerprint density at radius 1 is 1.32 bits per heavy atom. The average Bonchev–Trinajstić information content (AvgIpc) is 2.34. The Hall–Kier alpha value is -1.93. The molecule has 1 rings (SSSR count). The van der Waals surface area contributed by atoms with Gasteiger partial charge in [0, 0.05) is 6.07 Å². The van der Waals surface area contributed by atoms with Gasteiger partial charge in [-0.2, -0.15) is 13.2 Å². The maximum absolute atomic E-state index is 12.8. The molecular formula is C10H8F5NO3. The number of hydrogen-bond donors (Lipinski definition) is 0. The molecule has 0 amide bonds. The summed E-state index contributed by atoms with van der Waals surface area (Å²) in [5.74, 6) is -2.21. The van der Waals surface area contributed by atoms with Gasteiger partial charge in [0.1, 0.15) is 5.69 Å². The highest BCUT2D eigenvalue weighted by Crippen LogP contribution is 2.37. The van der Waals surface area contributed by atoms with Crippen LogP contribution in [-0.4, -0.2) is 25.2 Å². The molecule has 0 aliphatic heterocycles. The maximum atomic E-state index is 12.8. The molecule has 0 N–H and O–H groups in total. The van der Waals surface area contributed by atoms with Crippen molar-refractivity contribution in [1.82, 2.24) is 4.98 Å². The molecule has 1 heterocycles. The highest BCUT2D eigenvalue weighted by atomic mass is 19.4. The van der Waals surface area contributed by atoms with E-state index in [9.17, 15) is 26.7 Å². The molecule has 9 heteroatoms. The minimum absolute atomic E-state index is 0.359. The van der Waals surface area contributed by atoms with Crippen LogP contribution in [0.4, 0.5) is 22.0 Å². The van der Waals surface area contributed by atoms with Crippen molar-refractivity contribution in [2.75, 3.05) is 14.2 Å². The normalized spacial score (nSPS) is 11.6. The average molecular weight is 285 g/mol. The summed E-state index contributed by atoms with van der Waals surface area (Å²) >= 11 is 0.